The van der Waals surface area contributed by atoms with E-state index in [9.17, 15) is 14.0 Å². The van der Waals surface area contributed by atoms with Gasteiger partial charge in [-0.2, -0.15) is 5.10 Å². The molecule has 1 heterocycles. The number of anilines is 2. The second-order valence-electron chi connectivity index (χ2n) is 7.67. The average Bonchev–Trinajstić information content (AvgIpc) is 3.03. The van der Waals surface area contributed by atoms with E-state index >= 15 is 0 Å². The Morgan fingerprint density at radius 2 is 1.60 bits per heavy atom. The van der Waals surface area contributed by atoms with Crippen molar-refractivity contribution in [2.45, 2.75) is 33.3 Å². The van der Waals surface area contributed by atoms with Crippen LogP contribution in [0.15, 0.2) is 54.7 Å². The van der Waals surface area contributed by atoms with Gasteiger partial charge in [-0.15, -0.1) is 0 Å². The molecule has 0 saturated heterocycles. The summed E-state index contributed by atoms with van der Waals surface area (Å²) in [5.74, 6) is -0.799. The first-order chi connectivity index (χ1) is 14.1. The summed E-state index contributed by atoms with van der Waals surface area (Å²) in [5.41, 5.74) is 1.59. The fourth-order valence-corrected chi connectivity index (χ4v) is 2.76. The molecule has 3 rings (SSSR count). The van der Waals surface area contributed by atoms with Gasteiger partial charge in [0.15, 0.2) is 0 Å². The number of carbonyl (C=O) groups excluding carboxylic acids is 2. The molecule has 8 heteroatoms. The molecular formula is C22H23FN4O3. The number of hydrogen-bond donors (Lipinski definition) is 2. The molecule has 0 aliphatic rings. The van der Waals surface area contributed by atoms with Crippen molar-refractivity contribution in [1.82, 2.24) is 9.78 Å². The maximum absolute atomic E-state index is 14.0. The zero-order valence-electron chi connectivity index (χ0n) is 17.2. The van der Waals surface area contributed by atoms with Crippen molar-refractivity contribution in [3.05, 3.63) is 71.8 Å². The van der Waals surface area contributed by atoms with Gasteiger partial charge in [-0.1, -0.05) is 12.1 Å². The molecule has 1 aromatic heterocycles. The molecule has 3 aromatic rings. The zero-order valence-corrected chi connectivity index (χ0v) is 17.2. The molecule has 156 valence electrons. The monoisotopic (exact) mass is 410 g/mol. The average molecular weight is 410 g/mol. The van der Waals surface area contributed by atoms with Gasteiger partial charge in [0, 0.05) is 11.4 Å². The van der Waals surface area contributed by atoms with Crippen LogP contribution >= 0.6 is 0 Å². The summed E-state index contributed by atoms with van der Waals surface area (Å²) in [6, 6.07) is 12.8. The number of amides is 2. The molecule has 0 unspecified atom stereocenters. The van der Waals surface area contributed by atoms with E-state index in [0.29, 0.717) is 22.6 Å². The second-order valence-corrected chi connectivity index (χ2v) is 7.67. The Labute approximate surface area is 173 Å². The highest BCUT2D eigenvalue weighted by Crippen LogP contribution is 2.20. The van der Waals surface area contributed by atoms with Crippen LogP contribution in [0.1, 0.15) is 36.8 Å². The Morgan fingerprint density at radius 3 is 2.20 bits per heavy atom. The minimum Gasteiger partial charge on any atom is -0.444 e. The van der Waals surface area contributed by atoms with Crippen LogP contribution in [-0.2, 0) is 4.74 Å². The smallest absolute Gasteiger partial charge is 0.412 e. The van der Waals surface area contributed by atoms with Crippen LogP contribution in [0.2, 0.25) is 0 Å². The lowest BCUT2D eigenvalue weighted by Gasteiger charge is -2.19. The first-order valence-electron chi connectivity index (χ1n) is 9.35. The van der Waals surface area contributed by atoms with Crippen LogP contribution in [0, 0.1) is 12.7 Å². The minimum absolute atomic E-state index is 0.270. The number of aromatic nitrogens is 2. The van der Waals surface area contributed by atoms with Crippen LogP contribution in [0.5, 0.6) is 0 Å². The number of nitrogens with one attached hydrogen (secondary N) is 2. The summed E-state index contributed by atoms with van der Waals surface area (Å²) in [7, 11) is 0. The third-order valence-corrected chi connectivity index (χ3v) is 4.12. The van der Waals surface area contributed by atoms with Gasteiger partial charge in [0.1, 0.15) is 17.1 Å². The number of nitrogens with zero attached hydrogens (tertiary/aromatic N) is 2. The number of benzene rings is 2. The largest absolute Gasteiger partial charge is 0.444 e. The molecule has 0 radical (unpaired) electrons. The van der Waals surface area contributed by atoms with Gasteiger partial charge in [0.25, 0.3) is 5.91 Å². The third kappa shape index (κ3) is 5.02. The highest BCUT2D eigenvalue weighted by atomic mass is 19.1. The number of rotatable bonds is 4. The standard InChI is InChI=1S/C22H23FN4O3/c1-14-17(13-24-27(14)19-8-6-5-7-18(19)23)20(28)25-15-9-11-16(12-10-15)26-21(29)30-22(2,3)4/h5-13H,1-4H3,(H,25,28)(H,26,29). The van der Waals surface area contributed by atoms with Gasteiger partial charge < -0.3 is 10.1 Å². The van der Waals surface area contributed by atoms with Crippen LogP contribution in [-0.4, -0.2) is 27.4 Å². The normalized spacial score (nSPS) is 11.1. The number of hydrogen-bond acceptors (Lipinski definition) is 4. The van der Waals surface area contributed by atoms with Crippen LogP contribution < -0.4 is 10.6 Å². The van der Waals surface area contributed by atoms with E-state index in [0.717, 1.165) is 0 Å². The number of halogens is 1. The van der Waals surface area contributed by atoms with Gasteiger partial charge in [0.05, 0.1) is 17.5 Å². The molecule has 0 saturated carbocycles. The Morgan fingerprint density at radius 1 is 1.00 bits per heavy atom. The van der Waals surface area contributed by atoms with Crippen molar-refractivity contribution in [3.63, 3.8) is 0 Å². The fourth-order valence-electron chi connectivity index (χ4n) is 2.76. The van der Waals surface area contributed by atoms with Crippen molar-refractivity contribution >= 4 is 23.4 Å². The Hall–Kier alpha value is -3.68. The Kier molecular flexibility index (Phi) is 5.86. The SMILES string of the molecule is Cc1c(C(=O)Nc2ccc(NC(=O)OC(C)(C)C)cc2)cnn1-c1ccccc1F. The van der Waals surface area contributed by atoms with Crippen molar-refractivity contribution in [2.24, 2.45) is 0 Å². The summed E-state index contributed by atoms with van der Waals surface area (Å²) in [6.07, 6.45) is 0.839. The Balaban J connectivity index is 1.68. The summed E-state index contributed by atoms with van der Waals surface area (Å²) >= 11 is 0. The van der Waals surface area contributed by atoms with E-state index in [1.54, 1.807) is 70.2 Å². The first-order valence-corrected chi connectivity index (χ1v) is 9.35. The lowest BCUT2D eigenvalue weighted by atomic mass is 10.2. The van der Waals surface area contributed by atoms with E-state index in [2.05, 4.69) is 15.7 Å². The summed E-state index contributed by atoms with van der Waals surface area (Å²) in [4.78, 5) is 24.5. The van der Waals surface area contributed by atoms with E-state index in [-0.39, 0.29) is 11.6 Å². The molecule has 0 bridgehead atoms. The van der Waals surface area contributed by atoms with Gasteiger partial charge in [-0.3, -0.25) is 10.1 Å². The second kappa shape index (κ2) is 8.36. The number of carbonyl (C=O) groups is 2. The summed E-state index contributed by atoms with van der Waals surface area (Å²) in [6.45, 7) is 7.03. The summed E-state index contributed by atoms with van der Waals surface area (Å²) in [5, 5.41) is 9.53. The lowest BCUT2D eigenvalue weighted by molar-refractivity contribution is 0.0635. The quantitative estimate of drug-likeness (QED) is 0.639. The molecule has 2 aromatic carbocycles. The zero-order chi connectivity index (χ0) is 21.9. The van der Waals surface area contributed by atoms with Crippen LogP contribution in [0.25, 0.3) is 5.69 Å². The van der Waals surface area contributed by atoms with Crippen molar-refractivity contribution in [2.75, 3.05) is 10.6 Å². The van der Waals surface area contributed by atoms with Crippen LogP contribution in [0.4, 0.5) is 20.6 Å². The molecule has 0 aliphatic heterocycles. The summed E-state index contributed by atoms with van der Waals surface area (Å²) < 4.78 is 20.6. The van der Waals surface area contributed by atoms with E-state index in [4.69, 9.17) is 4.74 Å². The molecule has 0 aliphatic carbocycles. The molecule has 0 atom stereocenters. The maximum atomic E-state index is 14.0. The van der Waals surface area contributed by atoms with Crippen molar-refractivity contribution in [3.8, 4) is 5.69 Å². The number of ether oxygens (including phenoxy) is 1. The number of para-hydroxylation sites is 1. The Bertz CT molecular complexity index is 1070. The molecule has 30 heavy (non-hydrogen) atoms. The molecular weight excluding hydrogens is 387 g/mol. The minimum atomic E-state index is -0.594. The molecule has 2 N–H and O–H groups in total. The predicted octanol–water partition coefficient (Wildman–Crippen LogP) is 4.92. The van der Waals surface area contributed by atoms with E-state index < -0.39 is 17.5 Å². The van der Waals surface area contributed by atoms with Gasteiger partial charge in [0.2, 0.25) is 0 Å². The van der Waals surface area contributed by atoms with Gasteiger partial charge in [-0.05, 0) is 64.1 Å². The highest BCUT2D eigenvalue weighted by molar-refractivity contribution is 6.05. The van der Waals surface area contributed by atoms with Crippen molar-refractivity contribution in [1.29, 1.82) is 0 Å². The molecule has 7 nitrogen and oxygen atoms in total. The predicted molar refractivity (Wildman–Crippen MR) is 113 cm³/mol. The molecule has 0 spiro atoms. The lowest BCUT2D eigenvalue weighted by Crippen LogP contribution is -2.27. The maximum Gasteiger partial charge on any atom is 0.412 e. The van der Waals surface area contributed by atoms with E-state index in [1.165, 1.54) is 16.9 Å². The van der Waals surface area contributed by atoms with Crippen LogP contribution in [0.3, 0.4) is 0 Å². The van der Waals surface area contributed by atoms with E-state index in [1.807, 2.05) is 0 Å². The topological polar surface area (TPSA) is 85.2 Å². The first kappa shape index (κ1) is 21.0. The highest BCUT2D eigenvalue weighted by Gasteiger charge is 2.18. The molecule has 2 amide bonds. The third-order valence-electron chi connectivity index (χ3n) is 4.12. The van der Waals surface area contributed by atoms with Gasteiger partial charge >= 0.3 is 6.09 Å². The van der Waals surface area contributed by atoms with Gasteiger partial charge in [-0.25, -0.2) is 13.9 Å². The van der Waals surface area contributed by atoms with Crippen molar-refractivity contribution < 1.29 is 18.7 Å². The molecule has 0 fully saturated rings. The fraction of sp³-hybridized carbons (Fsp3) is 0.227.